The molecule has 0 bridgehead atoms. The molecule has 0 saturated carbocycles. The van der Waals surface area contributed by atoms with Gasteiger partial charge in [-0.2, -0.15) is 0 Å². The monoisotopic (exact) mass is 487 g/mol. The van der Waals surface area contributed by atoms with Crippen LogP contribution in [0.4, 0.5) is 4.79 Å². The number of rotatable bonds is 7. The second-order valence-electron chi connectivity index (χ2n) is 9.26. The van der Waals surface area contributed by atoms with Gasteiger partial charge in [-0.3, -0.25) is 14.5 Å². The van der Waals surface area contributed by atoms with Crippen LogP contribution >= 0.6 is 0 Å². The first-order valence-electron chi connectivity index (χ1n) is 12.1. The van der Waals surface area contributed by atoms with Crippen LogP contribution in [-0.4, -0.2) is 46.4 Å². The van der Waals surface area contributed by atoms with Gasteiger partial charge in [-0.05, 0) is 44.0 Å². The Morgan fingerprint density at radius 2 is 1.75 bits per heavy atom. The maximum absolute atomic E-state index is 13.4. The maximum atomic E-state index is 13.4. The van der Waals surface area contributed by atoms with Crippen molar-refractivity contribution in [2.75, 3.05) is 13.2 Å². The van der Waals surface area contributed by atoms with Crippen molar-refractivity contribution in [1.29, 1.82) is 0 Å². The Morgan fingerprint density at radius 1 is 1.06 bits per heavy atom. The highest BCUT2D eigenvalue weighted by atomic mass is 16.6. The third-order valence-electron chi connectivity index (χ3n) is 7.10. The lowest BCUT2D eigenvalue weighted by Crippen LogP contribution is -2.43. The fraction of sp³-hybridized carbons (Fsp3) is 0.321. The minimum absolute atomic E-state index is 0.213. The molecule has 2 atom stereocenters. The van der Waals surface area contributed by atoms with E-state index in [1.165, 1.54) is 0 Å². The summed E-state index contributed by atoms with van der Waals surface area (Å²) >= 11 is 0. The van der Waals surface area contributed by atoms with Gasteiger partial charge in [0.1, 0.15) is 12.1 Å². The number of Topliss-reactive ketones (excluding diaryl/α,β-unsaturated/α-hetero) is 1. The van der Waals surface area contributed by atoms with Crippen LogP contribution in [0, 0.1) is 13.8 Å². The molecule has 8 heteroatoms. The lowest BCUT2D eigenvalue weighted by atomic mass is 9.87. The maximum Gasteiger partial charge on any atom is 0.325 e. The van der Waals surface area contributed by atoms with Gasteiger partial charge in [0.25, 0.3) is 5.91 Å². The Bertz CT molecular complexity index is 1330. The Labute approximate surface area is 209 Å². The van der Waals surface area contributed by atoms with Gasteiger partial charge in [-0.15, -0.1) is 0 Å². The summed E-state index contributed by atoms with van der Waals surface area (Å²) in [5, 5.41) is 2.83. The molecule has 186 valence electrons. The first-order valence-corrected chi connectivity index (χ1v) is 12.1. The molecular weight excluding hydrogens is 458 g/mol. The highest BCUT2D eigenvalue weighted by Gasteiger charge is 2.51. The highest BCUT2D eigenvalue weighted by Crippen LogP contribution is 2.33. The summed E-state index contributed by atoms with van der Waals surface area (Å²) in [4.78, 5) is 40.6. The number of carbonyl (C=O) groups is 3. The second kappa shape index (κ2) is 9.18. The van der Waals surface area contributed by atoms with Gasteiger partial charge >= 0.3 is 6.03 Å². The quantitative estimate of drug-likeness (QED) is 0.402. The summed E-state index contributed by atoms with van der Waals surface area (Å²) in [6, 6.07) is 17.9. The zero-order valence-electron chi connectivity index (χ0n) is 20.6. The van der Waals surface area contributed by atoms with Crippen molar-refractivity contribution in [3.8, 4) is 11.5 Å². The summed E-state index contributed by atoms with van der Waals surface area (Å²) < 4.78 is 13.9. The normalized spacial score (nSPS) is 21.0. The number of benzene rings is 2. The first kappa shape index (κ1) is 23.7. The van der Waals surface area contributed by atoms with E-state index in [1.54, 1.807) is 6.07 Å². The summed E-state index contributed by atoms with van der Waals surface area (Å²) in [6.07, 6.45) is 0.169. The molecule has 3 amide bonds. The number of carbonyl (C=O) groups excluding carboxylic acids is 3. The van der Waals surface area contributed by atoms with E-state index in [4.69, 9.17) is 9.47 Å². The van der Waals surface area contributed by atoms with E-state index in [2.05, 4.69) is 5.32 Å². The molecule has 2 aliphatic rings. The average Bonchev–Trinajstić information content (AvgIpc) is 3.32. The molecule has 0 aliphatic carbocycles. The Balaban J connectivity index is 1.33. The minimum atomic E-state index is -1.16. The predicted octanol–water partition coefficient (Wildman–Crippen LogP) is 3.98. The van der Waals surface area contributed by atoms with E-state index in [-0.39, 0.29) is 18.4 Å². The first-order chi connectivity index (χ1) is 17.3. The molecule has 1 fully saturated rings. The van der Waals surface area contributed by atoms with Crippen LogP contribution in [0.2, 0.25) is 0 Å². The summed E-state index contributed by atoms with van der Waals surface area (Å²) in [5.41, 5.74) is 1.68. The van der Waals surface area contributed by atoms with Crippen molar-refractivity contribution in [1.82, 2.24) is 14.8 Å². The molecule has 1 aromatic heterocycles. The van der Waals surface area contributed by atoms with Gasteiger partial charge < -0.3 is 19.4 Å². The van der Waals surface area contributed by atoms with E-state index in [1.807, 2.05) is 79.9 Å². The zero-order chi connectivity index (χ0) is 25.4. The Hall–Kier alpha value is -4.07. The van der Waals surface area contributed by atoms with E-state index in [0.717, 1.165) is 22.0 Å². The van der Waals surface area contributed by atoms with E-state index < -0.39 is 17.5 Å². The van der Waals surface area contributed by atoms with Crippen molar-refractivity contribution >= 4 is 17.7 Å². The van der Waals surface area contributed by atoms with Crippen LogP contribution in [0.1, 0.15) is 40.7 Å². The van der Waals surface area contributed by atoms with Gasteiger partial charge in [-0.1, -0.05) is 49.4 Å². The van der Waals surface area contributed by atoms with E-state index in [9.17, 15) is 14.4 Å². The van der Waals surface area contributed by atoms with Crippen LogP contribution in [0.25, 0.3) is 0 Å². The SMILES string of the molecule is CC[C@@]1(c2ccccc2)NC(=O)N(CC(=O)c2cc(C)n(C[C@H]3COc4ccccc4O3)c2C)C1=O. The zero-order valence-corrected chi connectivity index (χ0v) is 20.6. The third-order valence-corrected chi connectivity index (χ3v) is 7.10. The van der Waals surface area contributed by atoms with Gasteiger partial charge in [0.05, 0.1) is 13.1 Å². The number of aromatic nitrogens is 1. The molecule has 2 aromatic carbocycles. The van der Waals surface area contributed by atoms with E-state index in [0.29, 0.717) is 36.4 Å². The molecule has 1 N–H and O–H groups in total. The van der Waals surface area contributed by atoms with Crippen molar-refractivity contribution in [3.05, 3.63) is 83.2 Å². The van der Waals surface area contributed by atoms with Crippen molar-refractivity contribution < 1.29 is 23.9 Å². The summed E-state index contributed by atoms with van der Waals surface area (Å²) in [5.74, 6) is 0.723. The number of aryl methyl sites for hydroxylation is 1. The molecule has 0 spiro atoms. The molecule has 3 aromatic rings. The topological polar surface area (TPSA) is 89.9 Å². The number of urea groups is 1. The van der Waals surface area contributed by atoms with Crippen LogP contribution < -0.4 is 14.8 Å². The smallest absolute Gasteiger partial charge is 0.325 e. The molecule has 0 radical (unpaired) electrons. The second-order valence-corrected chi connectivity index (χ2v) is 9.26. The summed E-state index contributed by atoms with van der Waals surface area (Å²) in [7, 11) is 0. The fourth-order valence-electron chi connectivity index (χ4n) is 5.08. The number of nitrogens with one attached hydrogen (secondary N) is 1. The molecule has 8 nitrogen and oxygen atoms in total. The number of hydrogen-bond donors (Lipinski definition) is 1. The number of ketones is 1. The van der Waals surface area contributed by atoms with Crippen molar-refractivity contribution in [2.45, 2.75) is 45.4 Å². The number of nitrogens with zero attached hydrogens (tertiary/aromatic N) is 2. The molecule has 36 heavy (non-hydrogen) atoms. The van der Waals surface area contributed by atoms with Gasteiger partial charge in [0.15, 0.2) is 23.4 Å². The van der Waals surface area contributed by atoms with Gasteiger partial charge in [0.2, 0.25) is 0 Å². The molecule has 0 unspecified atom stereocenters. The predicted molar refractivity (Wildman–Crippen MR) is 133 cm³/mol. The third kappa shape index (κ3) is 3.92. The lowest BCUT2D eigenvalue weighted by molar-refractivity contribution is -0.131. The Morgan fingerprint density at radius 3 is 2.47 bits per heavy atom. The minimum Gasteiger partial charge on any atom is -0.486 e. The molecular formula is C28H29N3O5. The number of imide groups is 1. The molecule has 2 aliphatic heterocycles. The van der Waals surface area contributed by atoms with Crippen LogP contribution in [-0.2, 0) is 16.9 Å². The van der Waals surface area contributed by atoms with Gasteiger partial charge in [0, 0.05) is 17.0 Å². The van der Waals surface area contributed by atoms with Crippen molar-refractivity contribution in [2.24, 2.45) is 0 Å². The van der Waals surface area contributed by atoms with Crippen LogP contribution in [0.3, 0.4) is 0 Å². The van der Waals surface area contributed by atoms with Crippen LogP contribution in [0.15, 0.2) is 60.7 Å². The Kier molecular flexibility index (Phi) is 6.04. The number of ether oxygens (including phenoxy) is 2. The largest absolute Gasteiger partial charge is 0.486 e. The number of para-hydroxylation sites is 2. The van der Waals surface area contributed by atoms with E-state index >= 15 is 0 Å². The number of hydrogen-bond acceptors (Lipinski definition) is 5. The number of amides is 3. The number of fused-ring (bicyclic) bond motifs is 1. The highest BCUT2D eigenvalue weighted by molar-refractivity contribution is 6.11. The summed E-state index contributed by atoms with van der Waals surface area (Å²) in [6.45, 7) is 6.23. The standard InChI is InChI=1S/C28H29N3O5/c1-4-28(20-10-6-5-7-11-20)26(33)31(27(34)29-28)16-23(32)22-14-18(2)30(19(22)3)15-21-17-35-24-12-8-9-13-25(24)36-21/h5-14,21H,4,15-17H2,1-3H3,(H,29,34)/t21-,28-/m0/s1. The molecule has 5 rings (SSSR count). The van der Waals surface area contributed by atoms with Crippen molar-refractivity contribution in [3.63, 3.8) is 0 Å². The van der Waals surface area contributed by atoms with Gasteiger partial charge in [-0.25, -0.2) is 4.79 Å². The van der Waals surface area contributed by atoms with Crippen LogP contribution in [0.5, 0.6) is 11.5 Å². The fourth-order valence-corrected chi connectivity index (χ4v) is 5.08. The lowest BCUT2D eigenvalue weighted by Gasteiger charge is -2.27. The molecule has 1 saturated heterocycles. The average molecular weight is 488 g/mol. The molecule has 3 heterocycles.